The van der Waals surface area contributed by atoms with E-state index in [1.165, 1.54) is 0 Å². The molecule has 0 aromatic carbocycles. The average Bonchev–Trinajstić information content (AvgIpc) is 3.17. The van der Waals surface area contributed by atoms with Crippen molar-refractivity contribution in [2.45, 2.75) is 32.1 Å². The zero-order chi connectivity index (χ0) is 13.0. The van der Waals surface area contributed by atoms with Crippen LogP contribution in [0, 0.1) is 11.3 Å². The minimum atomic E-state index is -0.0703. The molecule has 0 aromatic heterocycles. The van der Waals surface area contributed by atoms with Gasteiger partial charge in [-0.2, -0.15) is 0 Å². The Morgan fingerprint density at radius 3 is 2.61 bits per heavy atom. The Kier molecular flexibility index (Phi) is 4.62. The molecular weight excluding hydrogens is 228 g/mol. The van der Waals surface area contributed by atoms with Crippen LogP contribution >= 0.6 is 0 Å². The number of nitrogens with one attached hydrogen (secondary N) is 1. The van der Waals surface area contributed by atoms with E-state index in [9.17, 15) is 4.79 Å². The van der Waals surface area contributed by atoms with Crippen LogP contribution in [0.3, 0.4) is 0 Å². The highest BCUT2D eigenvalue weighted by Crippen LogP contribution is 2.46. The summed E-state index contributed by atoms with van der Waals surface area (Å²) >= 11 is 0. The molecule has 0 atom stereocenters. The van der Waals surface area contributed by atoms with Gasteiger partial charge in [0.1, 0.15) is 0 Å². The normalized spacial score (nSPS) is 22.8. The second-order valence-electron chi connectivity index (χ2n) is 5.88. The number of nitrogens with zero attached hydrogens (tertiary/aromatic N) is 1. The van der Waals surface area contributed by atoms with Crippen molar-refractivity contribution in [2.75, 3.05) is 40.4 Å². The number of hydrogen-bond donors (Lipinski definition) is 1. The molecule has 1 aliphatic carbocycles. The summed E-state index contributed by atoms with van der Waals surface area (Å²) in [4.78, 5) is 14.3. The summed E-state index contributed by atoms with van der Waals surface area (Å²) in [6.45, 7) is 3.51. The van der Waals surface area contributed by atoms with Crippen molar-refractivity contribution in [3.8, 4) is 0 Å². The zero-order valence-electron chi connectivity index (χ0n) is 11.7. The molecule has 1 heterocycles. The molecule has 0 unspecified atom stereocenters. The van der Waals surface area contributed by atoms with Gasteiger partial charge in [0.15, 0.2) is 0 Å². The molecule has 104 valence electrons. The summed E-state index contributed by atoms with van der Waals surface area (Å²) in [6.07, 6.45) is 5.54. The van der Waals surface area contributed by atoms with Crippen molar-refractivity contribution < 1.29 is 9.53 Å². The summed E-state index contributed by atoms with van der Waals surface area (Å²) in [7, 11) is 3.88. The minimum absolute atomic E-state index is 0.0703. The Balaban J connectivity index is 1.73. The van der Waals surface area contributed by atoms with Gasteiger partial charge in [-0.25, -0.2) is 0 Å². The van der Waals surface area contributed by atoms with E-state index in [0.717, 1.165) is 64.3 Å². The largest absolute Gasteiger partial charge is 0.381 e. The second-order valence-corrected chi connectivity index (χ2v) is 5.88. The molecule has 4 nitrogen and oxygen atoms in total. The summed E-state index contributed by atoms with van der Waals surface area (Å²) in [6, 6.07) is 0. The third kappa shape index (κ3) is 3.23. The van der Waals surface area contributed by atoms with E-state index in [1.54, 1.807) is 0 Å². The second kappa shape index (κ2) is 6.02. The topological polar surface area (TPSA) is 41.6 Å². The van der Waals surface area contributed by atoms with Gasteiger partial charge in [0, 0.05) is 33.4 Å². The van der Waals surface area contributed by atoms with Crippen molar-refractivity contribution in [1.82, 2.24) is 10.2 Å². The van der Waals surface area contributed by atoms with Crippen LogP contribution in [0.2, 0.25) is 0 Å². The molecule has 1 saturated carbocycles. The summed E-state index contributed by atoms with van der Waals surface area (Å²) in [5.41, 5.74) is -0.0703. The number of amides is 1. The van der Waals surface area contributed by atoms with Crippen LogP contribution in [0.15, 0.2) is 0 Å². The van der Waals surface area contributed by atoms with E-state index in [1.807, 2.05) is 19.0 Å². The monoisotopic (exact) mass is 254 g/mol. The van der Waals surface area contributed by atoms with Crippen molar-refractivity contribution >= 4 is 5.91 Å². The van der Waals surface area contributed by atoms with Crippen LogP contribution in [0.5, 0.6) is 0 Å². The average molecular weight is 254 g/mol. The Labute approximate surface area is 110 Å². The molecule has 0 bridgehead atoms. The molecule has 4 heteroatoms. The number of ether oxygens (including phenoxy) is 1. The molecule has 1 saturated heterocycles. The van der Waals surface area contributed by atoms with Gasteiger partial charge in [-0.1, -0.05) is 0 Å². The van der Waals surface area contributed by atoms with Crippen LogP contribution in [0.1, 0.15) is 32.1 Å². The lowest BCUT2D eigenvalue weighted by molar-refractivity contribution is -0.135. The molecule has 1 aliphatic heterocycles. The Hall–Kier alpha value is -0.610. The molecule has 0 aromatic rings. The van der Waals surface area contributed by atoms with Gasteiger partial charge in [0.2, 0.25) is 5.91 Å². The smallest absolute Gasteiger partial charge is 0.229 e. The maximum Gasteiger partial charge on any atom is 0.229 e. The lowest BCUT2D eigenvalue weighted by atomic mass is 9.96. The number of carbonyl (C=O) groups is 1. The van der Waals surface area contributed by atoms with E-state index in [2.05, 4.69) is 5.32 Å². The molecule has 2 aliphatic rings. The molecule has 1 N–H and O–H groups in total. The number of rotatable bonds is 6. The SMILES string of the molecule is CNCC1(C(=O)N(C)CCC2CCOCC2)CC1. The Morgan fingerprint density at radius 1 is 1.39 bits per heavy atom. The molecule has 1 amide bonds. The van der Waals surface area contributed by atoms with E-state index in [4.69, 9.17) is 4.74 Å². The lowest BCUT2D eigenvalue weighted by Gasteiger charge is -2.27. The highest BCUT2D eigenvalue weighted by atomic mass is 16.5. The Morgan fingerprint density at radius 2 is 2.06 bits per heavy atom. The standard InChI is InChI=1S/C14H26N2O2/c1-15-11-14(6-7-14)13(17)16(2)8-3-12-4-9-18-10-5-12/h12,15H,3-11H2,1-2H3. The maximum atomic E-state index is 12.4. The number of carbonyl (C=O) groups excluding carboxylic acids is 1. The van der Waals surface area contributed by atoms with Crippen molar-refractivity contribution in [3.05, 3.63) is 0 Å². The van der Waals surface area contributed by atoms with Crippen molar-refractivity contribution in [3.63, 3.8) is 0 Å². The van der Waals surface area contributed by atoms with Gasteiger partial charge in [-0.05, 0) is 45.1 Å². The lowest BCUT2D eigenvalue weighted by Crippen LogP contribution is -2.40. The third-order valence-electron chi connectivity index (χ3n) is 4.38. The van der Waals surface area contributed by atoms with Gasteiger partial charge in [-0.3, -0.25) is 4.79 Å². The first kappa shape index (κ1) is 13.8. The van der Waals surface area contributed by atoms with Gasteiger partial charge in [0.25, 0.3) is 0 Å². The fourth-order valence-electron chi connectivity index (χ4n) is 2.87. The molecular formula is C14H26N2O2. The predicted molar refractivity (Wildman–Crippen MR) is 71.4 cm³/mol. The quantitative estimate of drug-likeness (QED) is 0.776. The van der Waals surface area contributed by atoms with Gasteiger partial charge in [-0.15, -0.1) is 0 Å². The summed E-state index contributed by atoms with van der Waals surface area (Å²) in [5, 5.41) is 3.15. The molecule has 2 rings (SSSR count). The van der Waals surface area contributed by atoms with E-state index in [-0.39, 0.29) is 5.41 Å². The summed E-state index contributed by atoms with van der Waals surface area (Å²) in [5.74, 6) is 1.08. The highest BCUT2D eigenvalue weighted by molar-refractivity contribution is 5.85. The first-order chi connectivity index (χ1) is 8.68. The Bertz CT molecular complexity index is 284. The van der Waals surface area contributed by atoms with E-state index >= 15 is 0 Å². The van der Waals surface area contributed by atoms with Crippen LogP contribution in [-0.4, -0.2) is 51.2 Å². The molecule has 0 spiro atoms. The van der Waals surface area contributed by atoms with Gasteiger partial charge in [0.05, 0.1) is 5.41 Å². The van der Waals surface area contributed by atoms with E-state index in [0.29, 0.717) is 5.91 Å². The van der Waals surface area contributed by atoms with Crippen LogP contribution < -0.4 is 5.32 Å². The van der Waals surface area contributed by atoms with Gasteiger partial charge >= 0.3 is 0 Å². The van der Waals surface area contributed by atoms with Crippen molar-refractivity contribution in [1.29, 1.82) is 0 Å². The predicted octanol–water partition coefficient (Wildman–Crippen LogP) is 1.26. The van der Waals surface area contributed by atoms with Crippen LogP contribution in [-0.2, 0) is 9.53 Å². The molecule has 0 radical (unpaired) electrons. The van der Waals surface area contributed by atoms with Crippen molar-refractivity contribution in [2.24, 2.45) is 11.3 Å². The highest BCUT2D eigenvalue weighted by Gasteiger charge is 2.50. The zero-order valence-corrected chi connectivity index (χ0v) is 11.7. The van der Waals surface area contributed by atoms with Crippen LogP contribution in [0.25, 0.3) is 0 Å². The fourth-order valence-corrected chi connectivity index (χ4v) is 2.87. The maximum absolute atomic E-state index is 12.4. The fraction of sp³-hybridized carbons (Fsp3) is 0.929. The third-order valence-corrected chi connectivity index (χ3v) is 4.38. The first-order valence-electron chi connectivity index (χ1n) is 7.16. The minimum Gasteiger partial charge on any atom is -0.381 e. The van der Waals surface area contributed by atoms with Gasteiger partial charge < -0.3 is 15.0 Å². The summed E-state index contributed by atoms with van der Waals surface area (Å²) < 4.78 is 5.36. The first-order valence-corrected chi connectivity index (χ1v) is 7.16. The number of hydrogen-bond acceptors (Lipinski definition) is 3. The molecule has 18 heavy (non-hydrogen) atoms. The van der Waals surface area contributed by atoms with Crippen LogP contribution in [0.4, 0.5) is 0 Å². The molecule has 2 fully saturated rings. The van der Waals surface area contributed by atoms with E-state index < -0.39 is 0 Å².